The van der Waals surface area contributed by atoms with Crippen LogP contribution in [0.3, 0.4) is 0 Å². The fraction of sp³-hybridized carbons (Fsp3) is 0.500. The number of hydrogen-bond donors (Lipinski definition) is 2. The smallest absolute Gasteiger partial charge is 0.227 e. The average Bonchev–Trinajstić information content (AvgIpc) is 2.42. The van der Waals surface area contributed by atoms with Crippen molar-refractivity contribution in [2.45, 2.75) is 31.7 Å². The molecule has 3 N–H and O–H groups in total. The van der Waals surface area contributed by atoms with E-state index in [9.17, 15) is 4.79 Å². The van der Waals surface area contributed by atoms with E-state index in [-0.39, 0.29) is 17.9 Å². The molecule has 1 aliphatic carbocycles. The molecule has 1 amide bonds. The largest absolute Gasteiger partial charge is 0.497 e. The number of methoxy groups -OCH3 is 1. The number of ether oxygens (including phenoxy) is 1. The predicted octanol–water partition coefficient (Wildman–Crippen LogP) is 2.80. The number of halogens is 1. The molecule has 104 valence electrons. The molecule has 5 heteroatoms. The molecule has 0 bridgehead atoms. The van der Waals surface area contributed by atoms with Crippen LogP contribution in [0.4, 0.5) is 5.69 Å². The van der Waals surface area contributed by atoms with Gasteiger partial charge in [0, 0.05) is 18.0 Å². The molecule has 0 unspecified atom stereocenters. The van der Waals surface area contributed by atoms with Crippen molar-refractivity contribution in [2.75, 3.05) is 12.4 Å². The highest BCUT2D eigenvalue weighted by atomic mass is 35.5. The number of rotatable bonds is 3. The molecule has 4 nitrogen and oxygen atoms in total. The maximum atomic E-state index is 12.2. The molecule has 0 atom stereocenters. The Labute approximate surface area is 118 Å². The molecule has 0 saturated heterocycles. The van der Waals surface area contributed by atoms with Crippen LogP contribution in [-0.4, -0.2) is 19.1 Å². The Kier molecular flexibility index (Phi) is 4.66. The van der Waals surface area contributed by atoms with E-state index in [0.717, 1.165) is 25.7 Å². The zero-order valence-electron chi connectivity index (χ0n) is 11.0. The maximum absolute atomic E-state index is 12.2. The molecule has 1 aliphatic rings. The number of carbonyl (C=O) groups excluding carboxylic acids is 1. The van der Waals surface area contributed by atoms with Gasteiger partial charge < -0.3 is 15.8 Å². The summed E-state index contributed by atoms with van der Waals surface area (Å²) >= 11 is 6.07. The summed E-state index contributed by atoms with van der Waals surface area (Å²) in [5.74, 6) is 0.717. The van der Waals surface area contributed by atoms with E-state index in [1.54, 1.807) is 25.3 Å². The van der Waals surface area contributed by atoms with E-state index in [2.05, 4.69) is 5.32 Å². The van der Waals surface area contributed by atoms with Crippen LogP contribution in [-0.2, 0) is 4.79 Å². The third-order valence-corrected chi connectivity index (χ3v) is 3.90. The van der Waals surface area contributed by atoms with Crippen molar-refractivity contribution in [3.63, 3.8) is 0 Å². The van der Waals surface area contributed by atoms with Gasteiger partial charge in [-0.2, -0.15) is 0 Å². The molecular formula is C14H19ClN2O2. The van der Waals surface area contributed by atoms with E-state index in [0.29, 0.717) is 16.5 Å². The summed E-state index contributed by atoms with van der Waals surface area (Å²) in [7, 11) is 1.58. The van der Waals surface area contributed by atoms with Gasteiger partial charge >= 0.3 is 0 Å². The second-order valence-corrected chi connectivity index (χ2v) is 5.35. The second-order valence-electron chi connectivity index (χ2n) is 4.95. The van der Waals surface area contributed by atoms with Crippen LogP contribution < -0.4 is 15.8 Å². The van der Waals surface area contributed by atoms with Crippen LogP contribution in [0, 0.1) is 5.92 Å². The van der Waals surface area contributed by atoms with Gasteiger partial charge in [0.1, 0.15) is 5.75 Å². The third kappa shape index (κ3) is 3.61. The highest BCUT2D eigenvalue weighted by Crippen LogP contribution is 2.29. The van der Waals surface area contributed by atoms with E-state index in [1.807, 2.05) is 0 Å². The molecular weight excluding hydrogens is 264 g/mol. The second kappa shape index (κ2) is 6.26. The fourth-order valence-corrected chi connectivity index (χ4v) is 2.51. The topological polar surface area (TPSA) is 64.3 Å². The zero-order valence-corrected chi connectivity index (χ0v) is 11.7. The van der Waals surface area contributed by atoms with Crippen LogP contribution in [0.1, 0.15) is 25.7 Å². The Hall–Kier alpha value is -1.26. The number of nitrogens with two attached hydrogens (primary N) is 1. The lowest BCUT2D eigenvalue weighted by molar-refractivity contribution is -0.120. The first-order valence-electron chi connectivity index (χ1n) is 6.50. The van der Waals surface area contributed by atoms with Crippen LogP contribution in [0.25, 0.3) is 0 Å². The van der Waals surface area contributed by atoms with Crippen molar-refractivity contribution in [1.82, 2.24) is 0 Å². The quantitative estimate of drug-likeness (QED) is 0.896. The molecule has 0 spiro atoms. The predicted molar refractivity (Wildman–Crippen MR) is 76.6 cm³/mol. The standard InChI is InChI=1S/C14H19ClN2O2/c1-19-11-6-7-12(15)13(8-11)17-14(18)9-2-4-10(16)5-3-9/h6-10H,2-5,16H2,1H3,(H,17,18). The number of benzene rings is 1. The molecule has 0 aliphatic heterocycles. The van der Waals surface area contributed by atoms with E-state index >= 15 is 0 Å². The van der Waals surface area contributed by atoms with Gasteiger partial charge in [0.2, 0.25) is 5.91 Å². The molecule has 0 heterocycles. The maximum Gasteiger partial charge on any atom is 0.227 e. The van der Waals surface area contributed by atoms with Gasteiger partial charge in [-0.25, -0.2) is 0 Å². The Morgan fingerprint density at radius 1 is 1.37 bits per heavy atom. The van der Waals surface area contributed by atoms with Crippen molar-refractivity contribution in [1.29, 1.82) is 0 Å². The Balaban J connectivity index is 2.02. The molecule has 1 aromatic rings. The minimum atomic E-state index is 0.0158. The van der Waals surface area contributed by atoms with Crippen molar-refractivity contribution in [3.8, 4) is 5.75 Å². The van der Waals surface area contributed by atoms with Crippen molar-refractivity contribution >= 4 is 23.2 Å². The lowest BCUT2D eigenvalue weighted by Gasteiger charge is -2.25. The molecule has 2 rings (SSSR count). The van der Waals surface area contributed by atoms with E-state index in [4.69, 9.17) is 22.1 Å². The van der Waals surface area contributed by atoms with Crippen molar-refractivity contribution < 1.29 is 9.53 Å². The summed E-state index contributed by atoms with van der Waals surface area (Å²) in [5.41, 5.74) is 6.44. The fourth-order valence-electron chi connectivity index (χ4n) is 2.34. The minimum Gasteiger partial charge on any atom is -0.497 e. The number of hydrogen-bond acceptors (Lipinski definition) is 3. The van der Waals surface area contributed by atoms with Gasteiger partial charge in [0.25, 0.3) is 0 Å². The average molecular weight is 283 g/mol. The first-order chi connectivity index (χ1) is 9.10. The summed E-state index contributed by atoms with van der Waals surface area (Å²) in [6.07, 6.45) is 3.50. The summed E-state index contributed by atoms with van der Waals surface area (Å²) in [6, 6.07) is 5.45. The SMILES string of the molecule is COc1ccc(Cl)c(NC(=O)C2CCC(N)CC2)c1. The summed E-state index contributed by atoms with van der Waals surface area (Å²) < 4.78 is 5.12. The van der Waals surface area contributed by atoms with Gasteiger partial charge in [-0.05, 0) is 37.8 Å². The van der Waals surface area contributed by atoms with Gasteiger partial charge in [0.05, 0.1) is 17.8 Å². The molecule has 0 aromatic heterocycles. The van der Waals surface area contributed by atoms with Gasteiger partial charge in [0.15, 0.2) is 0 Å². The summed E-state index contributed by atoms with van der Waals surface area (Å²) in [6.45, 7) is 0. The van der Waals surface area contributed by atoms with E-state index in [1.165, 1.54) is 0 Å². The van der Waals surface area contributed by atoms with Crippen LogP contribution in [0.15, 0.2) is 18.2 Å². The van der Waals surface area contributed by atoms with Crippen LogP contribution in [0.5, 0.6) is 5.75 Å². The zero-order chi connectivity index (χ0) is 13.8. The summed E-state index contributed by atoms with van der Waals surface area (Å²) in [5, 5.41) is 3.39. The first-order valence-corrected chi connectivity index (χ1v) is 6.88. The molecule has 1 fully saturated rings. The third-order valence-electron chi connectivity index (χ3n) is 3.57. The normalized spacial score (nSPS) is 22.9. The molecule has 0 radical (unpaired) electrons. The minimum absolute atomic E-state index is 0.0158. The van der Waals surface area contributed by atoms with E-state index < -0.39 is 0 Å². The Morgan fingerprint density at radius 3 is 2.68 bits per heavy atom. The first kappa shape index (κ1) is 14.2. The lowest BCUT2D eigenvalue weighted by atomic mass is 9.86. The van der Waals surface area contributed by atoms with Crippen molar-refractivity contribution in [2.24, 2.45) is 11.7 Å². The monoisotopic (exact) mass is 282 g/mol. The van der Waals surface area contributed by atoms with Crippen LogP contribution >= 0.6 is 11.6 Å². The summed E-state index contributed by atoms with van der Waals surface area (Å²) in [4.78, 5) is 12.2. The van der Waals surface area contributed by atoms with Gasteiger partial charge in [-0.1, -0.05) is 11.6 Å². The highest BCUT2D eigenvalue weighted by Gasteiger charge is 2.25. The Morgan fingerprint density at radius 2 is 2.05 bits per heavy atom. The number of carbonyl (C=O) groups is 1. The van der Waals surface area contributed by atoms with Gasteiger partial charge in [-0.3, -0.25) is 4.79 Å². The number of anilines is 1. The van der Waals surface area contributed by atoms with Crippen LogP contribution in [0.2, 0.25) is 5.02 Å². The number of amides is 1. The Bertz CT molecular complexity index is 457. The van der Waals surface area contributed by atoms with Crippen molar-refractivity contribution in [3.05, 3.63) is 23.2 Å². The van der Waals surface area contributed by atoms with Gasteiger partial charge in [-0.15, -0.1) is 0 Å². The highest BCUT2D eigenvalue weighted by molar-refractivity contribution is 6.33. The lowest BCUT2D eigenvalue weighted by Crippen LogP contribution is -2.32. The number of nitrogens with one attached hydrogen (secondary N) is 1. The molecule has 1 aromatic carbocycles. The molecule has 19 heavy (non-hydrogen) atoms. The molecule has 1 saturated carbocycles.